The first-order valence-corrected chi connectivity index (χ1v) is 12.8. The number of anilines is 7. The number of nitrogens with zero attached hydrogens (tertiary/aromatic N) is 3. The minimum Gasteiger partial charge on any atom is -0.497 e. The van der Waals surface area contributed by atoms with Crippen molar-refractivity contribution < 1.29 is 14.3 Å². The molecule has 0 bridgehead atoms. The molecule has 4 N–H and O–H groups in total. The number of rotatable bonds is 8. The lowest BCUT2D eigenvalue weighted by Gasteiger charge is -2.28. The Labute approximate surface area is 231 Å². The third-order valence-electron chi connectivity index (χ3n) is 6.00. The molecule has 1 aliphatic heterocycles. The zero-order valence-corrected chi connectivity index (χ0v) is 22.0. The minimum atomic E-state index is -0.408. The van der Waals surface area contributed by atoms with Gasteiger partial charge in [0.15, 0.2) is 5.82 Å². The predicted molar refractivity (Wildman–Crippen MR) is 155 cm³/mol. The summed E-state index contributed by atoms with van der Waals surface area (Å²) in [5.41, 5.74) is 3.74. The molecule has 0 spiro atoms. The Hall–Kier alpha value is -4.54. The molecule has 0 aliphatic carbocycles. The van der Waals surface area contributed by atoms with Gasteiger partial charge in [0.2, 0.25) is 5.95 Å². The summed E-state index contributed by atoms with van der Waals surface area (Å²) in [6, 6.07) is 22.0. The molecule has 1 aromatic heterocycles. The van der Waals surface area contributed by atoms with Gasteiger partial charge < -0.3 is 35.6 Å². The van der Waals surface area contributed by atoms with E-state index in [1.165, 1.54) is 6.20 Å². The minimum absolute atomic E-state index is 0.332. The van der Waals surface area contributed by atoms with Gasteiger partial charge >= 0.3 is 6.03 Å². The first-order valence-electron chi connectivity index (χ1n) is 12.4. The maximum absolute atomic E-state index is 12.7. The predicted octanol–water partition coefficient (Wildman–Crippen LogP) is 6.11. The molecule has 0 unspecified atom stereocenters. The zero-order chi connectivity index (χ0) is 27.0. The van der Waals surface area contributed by atoms with Gasteiger partial charge in [0.25, 0.3) is 0 Å². The number of carbonyl (C=O) groups excluding carboxylic acids is 1. The summed E-state index contributed by atoms with van der Waals surface area (Å²) in [6.45, 7) is 3.22. The Kier molecular flexibility index (Phi) is 8.25. The van der Waals surface area contributed by atoms with Crippen molar-refractivity contribution in [3.05, 3.63) is 84.0 Å². The molecule has 39 heavy (non-hydrogen) atoms. The number of carbonyl (C=O) groups is 1. The van der Waals surface area contributed by atoms with Gasteiger partial charge in [0.05, 0.1) is 37.9 Å². The van der Waals surface area contributed by atoms with E-state index in [4.69, 9.17) is 21.1 Å². The fourth-order valence-corrected chi connectivity index (χ4v) is 4.17. The van der Waals surface area contributed by atoms with Crippen LogP contribution in [0.2, 0.25) is 5.02 Å². The number of morpholine rings is 1. The first-order chi connectivity index (χ1) is 19.1. The lowest BCUT2D eigenvalue weighted by atomic mass is 10.2. The summed E-state index contributed by atoms with van der Waals surface area (Å²) < 4.78 is 10.6. The lowest BCUT2D eigenvalue weighted by Crippen LogP contribution is -2.36. The van der Waals surface area contributed by atoms with Crippen molar-refractivity contribution in [1.82, 2.24) is 9.97 Å². The highest BCUT2D eigenvalue weighted by Crippen LogP contribution is 2.30. The standard InChI is InChI=1S/C28H28ClN7O3/c1-38-22-6-4-5-20(17-22)32-28(37)34-25-8-3-2-7-24(25)33-26-23(29)18-30-27(35-26)31-19-9-11-21(12-10-19)36-13-15-39-16-14-36/h2-12,17-18H,13-16H2,1H3,(H2,32,34,37)(H2,30,31,33,35). The summed E-state index contributed by atoms with van der Waals surface area (Å²) in [6.07, 6.45) is 1.52. The van der Waals surface area contributed by atoms with Gasteiger partial charge in [0, 0.05) is 36.2 Å². The molecule has 2 amide bonds. The number of ether oxygens (including phenoxy) is 2. The van der Waals surface area contributed by atoms with E-state index in [0.717, 1.165) is 37.7 Å². The molecule has 5 rings (SSSR count). The van der Waals surface area contributed by atoms with Gasteiger partial charge in [-0.2, -0.15) is 4.98 Å². The molecule has 2 heterocycles. The van der Waals surface area contributed by atoms with Crippen LogP contribution in [0.15, 0.2) is 79.0 Å². The molecule has 1 saturated heterocycles. The molecule has 0 atom stereocenters. The van der Waals surface area contributed by atoms with E-state index in [2.05, 4.69) is 48.3 Å². The van der Waals surface area contributed by atoms with E-state index in [0.29, 0.717) is 39.6 Å². The van der Waals surface area contributed by atoms with E-state index < -0.39 is 6.03 Å². The second-order valence-electron chi connectivity index (χ2n) is 8.64. The third kappa shape index (κ3) is 6.86. The Balaban J connectivity index is 1.26. The van der Waals surface area contributed by atoms with Crippen LogP contribution < -0.4 is 30.9 Å². The Morgan fingerprint density at radius 3 is 2.46 bits per heavy atom. The quantitative estimate of drug-likeness (QED) is 0.210. The number of methoxy groups -OCH3 is 1. The highest BCUT2D eigenvalue weighted by atomic mass is 35.5. The number of nitrogens with one attached hydrogen (secondary N) is 4. The number of hydrogen-bond acceptors (Lipinski definition) is 8. The number of benzene rings is 3. The van der Waals surface area contributed by atoms with Crippen LogP contribution in [0.4, 0.5) is 45.0 Å². The first kappa shape index (κ1) is 26.1. The molecular formula is C28H28ClN7O3. The Bertz CT molecular complexity index is 1430. The molecule has 0 radical (unpaired) electrons. The number of hydrogen-bond donors (Lipinski definition) is 4. The second-order valence-corrected chi connectivity index (χ2v) is 9.05. The van der Waals surface area contributed by atoms with Crippen molar-refractivity contribution in [2.75, 3.05) is 59.6 Å². The second kappa shape index (κ2) is 12.3. The van der Waals surface area contributed by atoms with Crippen molar-refractivity contribution in [3.63, 3.8) is 0 Å². The fraction of sp³-hybridized carbons (Fsp3) is 0.179. The number of aromatic nitrogens is 2. The molecule has 0 saturated carbocycles. The molecule has 10 nitrogen and oxygen atoms in total. The van der Waals surface area contributed by atoms with E-state index in [-0.39, 0.29) is 0 Å². The molecule has 4 aromatic rings. The lowest BCUT2D eigenvalue weighted by molar-refractivity contribution is 0.122. The van der Waals surface area contributed by atoms with Crippen LogP contribution in [0, 0.1) is 0 Å². The number of amides is 2. The molecule has 1 aliphatic rings. The van der Waals surface area contributed by atoms with Crippen molar-refractivity contribution in [2.24, 2.45) is 0 Å². The fourth-order valence-electron chi connectivity index (χ4n) is 4.04. The molecular weight excluding hydrogens is 518 g/mol. The van der Waals surface area contributed by atoms with Crippen LogP contribution in [0.25, 0.3) is 0 Å². The monoisotopic (exact) mass is 545 g/mol. The van der Waals surface area contributed by atoms with Crippen LogP contribution in [0.3, 0.4) is 0 Å². The van der Waals surface area contributed by atoms with Gasteiger partial charge in [-0.15, -0.1) is 0 Å². The van der Waals surface area contributed by atoms with Crippen molar-refractivity contribution in [2.45, 2.75) is 0 Å². The van der Waals surface area contributed by atoms with Crippen LogP contribution in [-0.2, 0) is 4.74 Å². The average Bonchev–Trinajstić information content (AvgIpc) is 2.97. The zero-order valence-electron chi connectivity index (χ0n) is 21.3. The highest BCUT2D eigenvalue weighted by molar-refractivity contribution is 6.33. The van der Waals surface area contributed by atoms with E-state index in [1.54, 1.807) is 37.4 Å². The average molecular weight is 546 g/mol. The van der Waals surface area contributed by atoms with Crippen LogP contribution in [-0.4, -0.2) is 49.4 Å². The number of para-hydroxylation sites is 2. The Morgan fingerprint density at radius 1 is 0.923 bits per heavy atom. The number of halogens is 1. The molecule has 3 aromatic carbocycles. The summed E-state index contributed by atoms with van der Waals surface area (Å²) in [5, 5.41) is 12.4. The largest absolute Gasteiger partial charge is 0.497 e. The van der Waals surface area contributed by atoms with Crippen molar-refractivity contribution in [3.8, 4) is 5.75 Å². The Morgan fingerprint density at radius 2 is 1.69 bits per heavy atom. The maximum Gasteiger partial charge on any atom is 0.323 e. The molecule has 1 fully saturated rings. The van der Waals surface area contributed by atoms with Crippen molar-refractivity contribution >= 4 is 57.8 Å². The van der Waals surface area contributed by atoms with Crippen molar-refractivity contribution in [1.29, 1.82) is 0 Å². The smallest absolute Gasteiger partial charge is 0.323 e. The van der Waals surface area contributed by atoms with Gasteiger partial charge in [-0.05, 0) is 48.5 Å². The SMILES string of the molecule is COc1cccc(NC(=O)Nc2ccccc2Nc2nc(Nc3ccc(N4CCOCC4)cc3)ncc2Cl)c1. The summed E-state index contributed by atoms with van der Waals surface area (Å²) >= 11 is 6.41. The summed E-state index contributed by atoms with van der Waals surface area (Å²) in [5.74, 6) is 1.41. The van der Waals surface area contributed by atoms with E-state index in [9.17, 15) is 4.79 Å². The van der Waals surface area contributed by atoms with E-state index >= 15 is 0 Å². The van der Waals surface area contributed by atoms with Gasteiger partial charge in [-0.3, -0.25) is 0 Å². The van der Waals surface area contributed by atoms with Crippen LogP contribution in [0.1, 0.15) is 0 Å². The normalized spacial score (nSPS) is 12.9. The third-order valence-corrected chi connectivity index (χ3v) is 6.28. The summed E-state index contributed by atoms with van der Waals surface area (Å²) in [4.78, 5) is 23.8. The van der Waals surface area contributed by atoms with Gasteiger partial charge in [0.1, 0.15) is 10.8 Å². The van der Waals surface area contributed by atoms with Crippen LogP contribution >= 0.6 is 11.6 Å². The highest BCUT2D eigenvalue weighted by Gasteiger charge is 2.13. The molecule has 200 valence electrons. The van der Waals surface area contributed by atoms with E-state index in [1.807, 2.05) is 30.3 Å². The summed E-state index contributed by atoms with van der Waals surface area (Å²) in [7, 11) is 1.57. The van der Waals surface area contributed by atoms with Gasteiger partial charge in [-0.25, -0.2) is 9.78 Å². The molecule has 11 heteroatoms. The van der Waals surface area contributed by atoms with Crippen LogP contribution in [0.5, 0.6) is 5.75 Å². The topological polar surface area (TPSA) is 113 Å². The van der Waals surface area contributed by atoms with Gasteiger partial charge in [-0.1, -0.05) is 29.8 Å². The number of urea groups is 1. The maximum atomic E-state index is 12.7.